The number of aliphatic carboxylic acids is 1. The Bertz CT molecular complexity index is 1030. The number of carbonyl (C=O) groups is 2. The van der Waals surface area contributed by atoms with Gasteiger partial charge < -0.3 is 24.8 Å². The lowest BCUT2D eigenvalue weighted by Gasteiger charge is -2.38. The first-order valence-electron chi connectivity index (χ1n) is 13.9. The number of anilines is 2. The summed E-state index contributed by atoms with van der Waals surface area (Å²) in [5.74, 6) is -0.0482. The second kappa shape index (κ2) is 14.8. The predicted molar refractivity (Wildman–Crippen MR) is 152 cm³/mol. The van der Waals surface area contributed by atoms with E-state index in [1.165, 1.54) is 19.3 Å². The smallest absolute Gasteiger partial charge is 0.304 e. The molecule has 2 N–H and O–H groups in total. The third kappa shape index (κ3) is 8.76. The number of hydrogen-bond donors (Lipinski definition) is 2. The highest BCUT2D eigenvalue weighted by atomic mass is 16.5. The van der Waals surface area contributed by atoms with Gasteiger partial charge in [0, 0.05) is 25.6 Å². The fourth-order valence-electron chi connectivity index (χ4n) is 5.32. The largest absolute Gasteiger partial charge is 0.494 e. The average molecular weight is 525 g/mol. The van der Waals surface area contributed by atoms with E-state index < -0.39 is 5.97 Å². The maximum atomic E-state index is 13.3. The zero-order valence-electron chi connectivity index (χ0n) is 23.4. The van der Waals surface area contributed by atoms with Crippen molar-refractivity contribution in [2.75, 3.05) is 37.1 Å². The molecule has 1 amide bonds. The van der Waals surface area contributed by atoms with Gasteiger partial charge in [-0.05, 0) is 61.1 Å². The molecular weight excluding hydrogens is 480 g/mol. The lowest BCUT2D eigenvalue weighted by atomic mass is 9.91. The van der Waals surface area contributed by atoms with Crippen LogP contribution >= 0.6 is 0 Å². The summed E-state index contributed by atoms with van der Waals surface area (Å²) >= 11 is 0. The van der Waals surface area contributed by atoms with Crippen LogP contribution in [0.15, 0.2) is 42.5 Å². The minimum Gasteiger partial charge on any atom is -0.494 e. The second-order valence-corrected chi connectivity index (χ2v) is 10.7. The summed E-state index contributed by atoms with van der Waals surface area (Å²) in [6.45, 7) is 8.16. The third-order valence-corrected chi connectivity index (χ3v) is 7.04. The van der Waals surface area contributed by atoms with E-state index in [4.69, 9.17) is 9.47 Å². The minimum absolute atomic E-state index is 0.0366. The van der Waals surface area contributed by atoms with E-state index in [-0.39, 0.29) is 24.7 Å². The van der Waals surface area contributed by atoms with Crippen LogP contribution < -0.4 is 15.0 Å². The third-order valence-electron chi connectivity index (χ3n) is 7.04. The number of benzene rings is 2. The number of amides is 1. The van der Waals surface area contributed by atoms with Crippen LogP contribution in [0, 0.1) is 5.92 Å². The molecule has 1 atom stereocenters. The summed E-state index contributed by atoms with van der Waals surface area (Å²) in [4.78, 5) is 27.3. The van der Waals surface area contributed by atoms with Gasteiger partial charge in [0.2, 0.25) is 5.91 Å². The molecule has 0 aliphatic heterocycles. The van der Waals surface area contributed by atoms with E-state index in [9.17, 15) is 14.7 Å². The van der Waals surface area contributed by atoms with E-state index in [0.29, 0.717) is 25.2 Å². The standard InChI is InChI=1S/C31H44N2O5/c1-5-38-27-14-11-23(12-15-27)17-30(34)32-28-18-24(25(21-37-4)19-31(35)36)13-16-29(28)33(20-22(2)3)26-9-7-6-8-10-26/h11-16,18,22,25-26H,5-10,17,19-21H2,1-4H3,(H,32,34)(H,35,36). The first kappa shape index (κ1) is 29.5. The van der Waals surface area contributed by atoms with Crippen LogP contribution in [-0.2, 0) is 20.7 Å². The Hall–Kier alpha value is -3.06. The minimum atomic E-state index is -0.874. The Morgan fingerprint density at radius 3 is 2.39 bits per heavy atom. The number of rotatable bonds is 14. The Labute approximate surface area is 227 Å². The molecule has 0 heterocycles. The molecule has 0 bridgehead atoms. The van der Waals surface area contributed by atoms with Crippen LogP contribution in [-0.4, -0.2) is 49.9 Å². The highest BCUT2D eigenvalue weighted by molar-refractivity contribution is 5.96. The van der Waals surface area contributed by atoms with Gasteiger partial charge in [0.1, 0.15) is 5.75 Å². The number of carbonyl (C=O) groups excluding carboxylic acids is 1. The van der Waals surface area contributed by atoms with Crippen LogP contribution in [0.5, 0.6) is 5.75 Å². The number of methoxy groups -OCH3 is 1. The number of nitrogens with zero attached hydrogens (tertiary/aromatic N) is 1. The lowest BCUT2D eigenvalue weighted by Crippen LogP contribution is -2.40. The maximum absolute atomic E-state index is 13.3. The number of carboxylic acid groups (broad SMARTS) is 1. The van der Waals surface area contributed by atoms with Crippen LogP contribution in [0.1, 0.15) is 76.3 Å². The quantitative estimate of drug-likeness (QED) is 0.303. The van der Waals surface area contributed by atoms with Crippen molar-refractivity contribution in [3.05, 3.63) is 53.6 Å². The molecule has 7 nitrogen and oxygen atoms in total. The number of ether oxygens (including phenoxy) is 2. The highest BCUT2D eigenvalue weighted by Gasteiger charge is 2.26. The molecule has 38 heavy (non-hydrogen) atoms. The summed E-state index contributed by atoms with van der Waals surface area (Å²) in [7, 11) is 1.58. The molecule has 1 unspecified atom stereocenters. The van der Waals surface area contributed by atoms with Crippen LogP contribution in [0.2, 0.25) is 0 Å². The van der Waals surface area contributed by atoms with Crippen molar-refractivity contribution in [2.24, 2.45) is 5.92 Å². The van der Waals surface area contributed by atoms with Gasteiger partial charge in [-0.3, -0.25) is 9.59 Å². The van der Waals surface area contributed by atoms with E-state index >= 15 is 0 Å². The molecule has 3 rings (SSSR count). The van der Waals surface area contributed by atoms with Crippen molar-refractivity contribution in [3.8, 4) is 5.75 Å². The normalized spacial score (nSPS) is 14.8. The molecule has 1 aliphatic rings. The van der Waals surface area contributed by atoms with Crippen molar-refractivity contribution in [1.29, 1.82) is 0 Å². The topological polar surface area (TPSA) is 88.1 Å². The molecule has 1 fully saturated rings. The van der Waals surface area contributed by atoms with Gasteiger partial charge in [0.15, 0.2) is 0 Å². The molecule has 0 radical (unpaired) electrons. The monoisotopic (exact) mass is 524 g/mol. The first-order valence-corrected chi connectivity index (χ1v) is 13.9. The fraction of sp³-hybridized carbons (Fsp3) is 0.548. The first-order chi connectivity index (χ1) is 18.3. The highest BCUT2D eigenvalue weighted by Crippen LogP contribution is 2.36. The van der Waals surface area contributed by atoms with Crippen LogP contribution in [0.25, 0.3) is 0 Å². The Balaban J connectivity index is 1.94. The number of hydrogen-bond acceptors (Lipinski definition) is 5. The molecule has 1 aliphatic carbocycles. The van der Waals surface area contributed by atoms with Gasteiger partial charge in [0.25, 0.3) is 0 Å². The summed E-state index contributed by atoms with van der Waals surface area (Å²) in [5, 5.41) is 12.7. The van der Waals surface area contributed by atoms with Gasteiger partial charge in [-0.2, -0.15) is 0 Å². The van der Waals surface area contributed by atoms with Gasteiger partial charge >= 0.3 is 5.97 Å². The lowest BCUT2D eigenvalue weighted by molar-refractivity contribution is -0.137. The van der Waals surface area contributed by atoms with Crippen molar-refractivity contribution < 1.29 is 24.2 Å². The summed E-state index contributed by atoms with van der Waals surface area (Å²) in [5.41, 5.74) is 3.48. The number of nitrogens with one attached hydrogen (secondary N) is 1. The Morgan fingerprint density at radius 2 is 1.79 bits per heavy atom. The zero-order valence-corrected chi connectivity index (χ0v) is 23.4. The molecule has 0 aromatic heterocycles. The molecular formula is C31H44N2O5. The summed E-state index contributed by atoms with van der Waals surface area (Å²) < 4.78 is 10.9. The van der Waals surface area contributed by atoms with E-state index in [2.05, 4.69) is 30.1 Å². The average Bonchev–Trinajstić information content (AvgIpc) is 2.88. The number of carboxylic acids is 1. The van der Waals surface area contributed by atoms with Crippen molar-refractivity contribution in [1.82, 2.24) is 0 Å². The van der Waals surface area contributed by atoms with Crippen LogP contribution in [0.3, 0.4) is 0 Å². The molecule has 7 heteroatoms. The van der Waals surface area contributed by atoms with Crippen molar-refractivity contribution in [3.63, 3.8) is 0 Å². The second-order valence-electron chi connectivity index (χ2n) is 10.7. The Kier molecular flexibility index (Phi) is 11.5. The Morgan fingerprint density at radius 1 is 1.08 bits per heavy atom. The molecule has 208 valence electrons. The van der Waals surface area contributed by atoms with E-state index in [1.54, 1.807) is 7.11 Å². The van der Waals surface area contributed by atoms with Gasteiger partial charge in [-0.25, -0.2) is 0 Å². The molecule has 0 spiro atoms. The molecule has 2 aromatic rings. The predicted octanol–water partition coefficient (Wildman–Crippen LogP) is 6.27. The summed E-state index contributed by atoms with van der Waals surface area (Å²) in [6, 6.07) is 14.0. The summed E-state index contributed by atoms with van der Waals surface area (Å²) in [6.07, 6.45) is 6.17. The molecule has 2 aromatic carbocycles. The van der Waals surface area contributed by atoms with Crippen molar-refractivity contribution >= 4 is 23.3 Å². The van der Waals surface area contributed by atoms with Gasteiger partial charge in [-0.15, -0.1) is 0 Å². The zero-order chi connectivity index (χ0) is 27.5. The van der Waals surface area contributed by atoms with Gasteiger partial charge in [0.05, 0.1) is 37.4 Å². The fourth-order valence-corrected chi connectivity index (χ4v) is 5.32. The molecule has 0 saturated heterocycles. The SMILES string of the molecule is CCOc1ccc(CC(=O)Nc2cc(C(COC)CC(=O)O)ccc2N(CC(C)C)C2CCCCC2)cc1. The van der Waals surface area contributed by atoms with Crippen molar-refractivity contribution in [2.45, 2.75) is 77.7 Å². The van der Waals surface area contributed by atoms with E-state index in [1.807, 2.05) is 43.3 Å². The van der Waals surface area contributed by atoms with E-state index in [0.717, 1.165) is 47.6 Å². The van der Waals surface area contributed by atoms with Crippen LogP contribution in [0.4, 0.5) is 11.4 Å². The maximum Gasteiger partial charge on any atom is 0.304 e. The van der Waals surface area contributed by atoms with Gasteiger partial charge in [-0.1, -0.05) is 51.3 Å². The molecule has 1 saturated carbocycles.